The number of benzene rings is 1. The van der Waals surface area contributed by atoms with Crippen molar-refractivity contribution in [3.8, 4) is 0 Å². The summed E-state index contributed by atoms with van der Waals surface area (Å²) in [4.78, 5) is 34.7. The van der Waals surface area contributed by atoms with Gasteiger partial charge in [-0.2, -0.15) is 0 Å². The number of carbonyl (C=O) groups is 3. The fraction of sp³-hybridized carbons (Fsp3) is 0.400. The van der Waals surface area contributed by atoms with E-state index in [9.17, 15) is 14.4 Å². The maximum Gasteiger partial charge on any atom is 0.326 e. The lowest BCUT2D eigenvalue weighted by molar-refractivity contribution is -0.139. The van der Waals surface area contributed by atoms with Crippen molar-refractivity contribution in [2.75, 3.05) is 7.05 Å². The molecule has 0 spiro atoms. The maximum absolute atomic E-state index is 12.1. The van der Waals surface area contributed by atoms with Crippen LogP contribution in [-0.4, -0.2) is 36.0 Å². The Morgan fingerprint density at radius 3 is 2.33 bits per heavy atom. The summed E-state index contributed by atoms with van der Waals surface area (Å²) in [5.41, 5.74) is 0.615. The zero-order chi connectivity index (χ0) is 15.8. The van der Waals surface area contributed by atoms with Crippen LogP contribution in [0.3, 0.4) is 0 Å². The fourth-order valence-corrected chi connectivity index (χ4v) is 1.85. The summed E-state index contributed by atoms with van der Waals surface area (Å²) in [7, 11) is 1.50. The van der Waals surface area contributed by atoms with Crippen LogP contribution in [0.4, 0.5) is 0 Å². The highest BCUT2D eigenvalue weighted by Gasteiger charge is 2.20. The summed E-state index contributed by atoms with van der Waals surface area (Å²) in [5.74, 6) is -1.85. The molecule has 0 heterocycles. The molecular formula is C15H20N2O4. The number of nitrogens with one attached hydrogen (secondary N) is 2. The van der Waals surface area contributed by atoms with Crippen LogP contribution in [0.15, 0.2) is 24.3 Å². The number of carbonyl (C=O) groups excluding carboxylic acids is 2. The Morgan fingerprint density at radius 2 is 1.81 bits per heavy atom. The van der Waals surface area contributed by atoms with Crippen molar-refractivity contribution in [2.24, 2.45) is 0 Å². The molecule has 0 radical (unpaired) electrons. The molecule has 1 rings (SSSR count). The summed E-state index contributed by atoms with van der Waals surface area (Å²) in [6, 6.07) is 5.23. The number of rotatable bonds is 7. The number of hydrogen-bond acceptors (Lipinski definition) is 3. The molecule has 0 fully saturated rings. The summed E-state index contributed by atoms with van der Waals surface area (Å²) in [6.07, 6.45) is 1.95. The van der Waals surface area contributed by atoms with E-state index >= 15 is 0 Å². The van der Waals surface area contributed by atoms with E-state index in [1.807, 2.05) is 6.92 Å². The van der Waals surface area contributed by atoms with Crippen LogP contribution in [0.25, 0.3) is 0 Å². The van der Waals surface area contributed by atoms with Crippen molar-refractivity contribution < 1.29 is 19.5 Å². The molecule has 0 saturated carbocycles. The number of carboxylic acid groups (broad SMARTS) is 1. The minimum Gasteiger partial charge on any atom is -0.480 e. The van der Waals surface area contributed by atoms with Crippen LogP contribution in [0.2, 0.25) is 0 Å². The summed E-state index contributed by atoms with van der Waals surface area (Å²) in [5, 5.41) is 14.0. The van der Waals surface area contributed by atoms with Gasteiger partial charge in [0.25, 0.3) is 11.8 Å². The largest absolute Gasteiger partial charge is 0.480 e. The quantitative estimate of drug-likeness (QED) is 0.708. The molecule has 0 aromatic heterocycles. The third kappa shape index (κ3) is 4.91. The van der Waals surface area contributed by atoms with Gasteiger partial charge in [0.05, 0.1) is 0 Å². The molecule has 6 heteroatoms. The average molecular weight is 292 g/mol. The van der Waals surface area contributed by atoms with Gasteiger partial charge < -0.3 is 15.7 Å². The standard InChI is InChI=1S/C15H20N2O4/c1-3-4-8-12(15(20)21)17-14(19)11-7-5-6-10(9-11)13(18)16-2/h5-7,9,12H,3-4,8H2,1-2H3,(H,16,18)(H,17,19)(H,20,21). The van der Waals surface area contributed by atoms with E-state index in [1.165, 1.54) is 13.1 Å². The van der Waals surface area contributed by atoms with E-state index in [0.717, 1.165) is 12.8 Å². The molecule has 0 saturated heterocycles. The summed E-state index contributed by atoms with van der Waals surface area (Å²) < 4.78 is 0. The van der Waals surface area contributed by atoms with E-state index in [-0.39, 0.29) is 11.5 Å². The number of unbranched alkanes of at least 4 members (excludes halogenated alkanes) is 1. The molecule has 0 aliphatic carbocycles. The highest BCUT2D eigenvalue weighted by Crippen LogP contribution is 2.07. The van der Waals surface area contributed by atoms with Gasteiger partial charge in [0.1, 0.15) is 6.04 Å². The zero-order valence-electron chi connectivity index (χ0n) is 12.2. The second kappa shape index (κ2) is 8.04. The zero-order valence-corrected chi connectivity index (χ0v) is 12.2. The van der Waals surface area contributed by atoms with Gasteiger partial charge in [-0.3, -0.25) is 9.59 Å². The Kier molecular flexibility index (Phi) is 6.39. The number of aliphatic carboxylic acids is 1. The van der Waals surface area contributed by atoms with Gasteiger partial charge >= 0.3 is 5.97 Å². The molecule has 114 valence electrons. The Hall–Kier alpha value is -2.37. The normalized spacial score (nSPS) is 11.5. The first-order valence-corrected chi connectivity index (χ1v) is 6.85. The number of carboxylic acids is 1. The van der Waals surface area contributed by atoms with E-state index in [2.05, 4.69) is 10.6 Å². The van der Waals surface area contributed by atoms with Gasteiger partial charge in [0, 0.05) is 18.2 Å². The smallest absolute Gasteiger partial charge is 0.326 e. The first-order chi connectivity index (χ1) is 9.99. The number of amides is 2. The van der Waals surface area contributed by atoms with Crippen LogP contribution in [0.1, 0.15) is 46.9 Å². The van der Waals surface area contributed by atoms with Crippen molar-refractivity contribution in [3.63, 3.8) is 0 Å². The van der Waals surface area contributed by atoms with Crippen LogP contribution < -0.4 is 10.6 Å². The van der Waals surface area contributed by atoms with Crippen molar-refractivity contribution in [1.29, 1.82) is 0 Å². The van der Waals surface area contributed by atoms with E-state index < -0.39 is 17.9 Å². The third-order valence-corrected chi connectivity index (χ3v) is 3.06. The lowest BCUT2D eigenvalue weighted by atomic mass is 10.1. The molecule has 0 aliphatic heterocycles. The Labute approximate surface area is 123 Å². The molecule has 1 atom stereocenters. The SMILES string of the molecule is CCCCC(NC(=O)c1cccc(C(=O)NC)c1)C(=O)O. The van der Waals surface area contributed by atoms with Crippen LogP contribution in [0.5, 0.6) is 0 Å². The second-order valence-electron chi connectivity index (χ2n) is 4.67. The van der Waals surface area contributed by atoms with Gasteiger partial charge in [-0.15, -0.1) is 0 Å². The molecule has 1 aromatic rings. The second-order valence-corrected chi connectivity index (χ2v) is 4.67. The Morgan fingerprint density at radius 1 is 1.19 bits per heavy atom. The fourth-order valence-electron chi connectivity index (χ4n) is 1.85. The lowest BCUT2D eigenvalue weighted by Gasteiger charge is -2.14. The monoisotopic (exact) mass is 292 g/mol. The lowest BCUT2D eigenvalue weighted by Crippen LogP contribution is -2.40. The number of hydrogen-bond donors (Lipinski definition) is 3. The topological polar surface area (TPSA) is 95.5 Å². The Bertz CT molecular complexity index is 528. The van der Waals surface area contributed by atoms with E-state index in [4.69, 9.17) is 5.11 Å². The first-order valence-electron chi connectivity index (χ1n) is 6.85. The van der Waals surface area contributed by atoms with Gasteiger partial charge in [-0.1, -0.05) is 25.8 Å². The minimum absolute atomic E-state index is 0.263. The molecule has 6 nitrogen and oxygen atoms in total. The van der Waals surface area contributed by atoms with Gasteiger partial charge in [0.2, 0.25) is 0 Å². The molecule has 1 aromatic carbocycles. The van der Waals surface area contributed by atoms with Crippen molar-refractivity contribution in [1.82, 2.24) is 10.6 Å². The molecule has 1 unspecified atom stereocenters. The van der Waals surface area contributed by atoms with Crippen molar-refractivity contribution in [2.45, 2.75) is 32.2 Å². The maximum atomic E-state index is 12.1. The minimum atomic E-state index is -1.06. The first kappa shape index (κ1) is 16.7. The average Bonchev–Trinajstić information content (AvgIpc) is 2.50. The van der Waals surface area contributed by atoms with E-state index in [0.29, 0.717) is 12.0 Å². The summed E-state index contributed by atoms with van der Waals surface area (Å²) >= 11 is 0. The highest BCUT2D eigenvalue weighted by molar-refractivity contribution is 6.00. The van der Waals surface area contributed by atoms with E-state index in [1.54, 1.807) is 18.2 Å². The van der Waals surface area contributed by atoms with Gasteiger partial charge in [-0.25, -0.2) is 4.79 Å². The van der Waals surface area contributed by atoms with Crippen LogP contribution in [-0.2, 0) is 4.79 Å². The van der Waals surface area contributed by atoms with Crippen molar-refractivity contribution in [3.05, 3.63) is 35.4 Å². The molecule has 21 heavy (non-hydrogen) atoms. The Balaban J connectivity index is 2.82. The van der Waals surface area contributed by atoms with Gasteiger partial charge in [-0.05, 0) is 24.6 Å². The molecule has 0 bridgehead atoms. The molecule has 3 N–H and O–H groups in total. The highest BCUT2D eigenvalue weighted by atomic mass is 16.4. The van der Waals surface area contributed by atoms with Crippen LogP contribution in [0, 0.1) is 0 Å². The third-order valence-electron chi connectivity index (χ3n) is 3.06. The molecule has 2 amide bonds. The molecule has 0 aliphatic rings. The van der Waals surface area contributed by atoms with Crippen LogP contribution >= 0.6 is 0 Å². The van der Waals surface area contributed by atoms with Crippen molar-refractivity contribution >= 4 is 17.8 Å². The predicted molar refractivity (Wildman–Crippen MR) is 78.2 cm³/mol. The summed E-state index contributed by atoms with van der Waals surface area (Å²) in [6.45, 7) is 1.95. The molecular weight excluding hydrogens is 272 g/mol. The predicted octanol–water partition coefficient (Wildman–Crippen LogP) is 1.42. The van der Waals surface area contributed by atoms with Gasteiger partial charge in [0.15, 0.2) is 0 Å².